The van der Waals surface area contributed by atoms with Crippen LogP contribution in [0.2, 0.25) is 0 Å². The van der Waals surface area contributed by atoms with Crippen LogP contribution in [-0.2, 0) is 42.1 Å². The molecule has 0 aliphatic heterocycles. The molecule has 0 aliphatic carbocycles. The Morgan fingerprint density at radius 2 is 1.00 bits per heavy atom. The maximum atomic E-state index is 7.21. The van der Waals surface area contributed by atoms with Gasteiger partial charge in [0.1, 0.15) is 0 Å². The first-order valence-corrected chi connectivity index (χ1v) is 5.36. The molecule has 0 aromatic heterocycles. The molecule has 0 bridgehead atoms. The molecule has 0 aromatic carbocycles. The molecule has 0 amide bonds. The summed E-state index contributed by atoms with van der Waals surface area (Å²) < 4.78 is 0. The summed E-state index contributed by atoms with van der Waals surface area (Å²) in [6.07, 6.45) is 0.681. The van der Waals surface area contributed by atoms with E-state index in [4.69, 9.17) is 13.1 Å². The first kappa shape index (κ1) is 22.5. The Hall–Kier alpha value is 0.357. The fourth-order valence-electron chi connectivity index (χ4n) is 1.41. The van der Waals surface area contributed by atoms with Gasteiger partial charge in [-0.25, -0.2) is 13.1 Å². The summed E-state index contributed by atoms with van der Waals surface area (Å²) >= 11 is 0. The van der Waals surface area contributed by atoms with Crippen LogP contribution in [0.25, 0.3) is 9.69 Å². The molecule has 0 radical (unpaired) electrons. The van der Waals surface area contributed by atoms with E-state index in [9.17, 15) is 0 Å². The molecule has 17 heavy (non-hydrogen) atoms. The summed E-state index contributed by atoms with van der Waals surface area (Å²) in [6, 6.07) is -0.119. The zero-order valence-electron chi connectivity index (χ0n) is 11.4. The van der Waals surface area contributed by atoms with Gasteiger partial charge in [-0.2, -0.15) is 0 Å². The zero-order valence-corrected chi connectivity index (χ0v) is 15.9. The van der Waals surface area contributed by atoms with E-state index in [-0.39, 0.29) is 65.0 Å². The average Bonchev–Trinajstić information content (AvgIpc) is 2.01. The topological polar surface area (TPSA) is 8.72 Å². The minimum absolute atomic E-state index is 0. The molecule has 0 heterocycles. The zero-order chi connectivity index (χ0) is 12.3. The molecule has 0 aromatic rings. The Morgan fingerprint density at radius 1 is 0.765 bits per heavy atom. The van der Waals surface area contributed by atoms with Gasteiger partial charge < -0.3 is 9.69 Å². The van der Waals surface area contributed by atoms with Gasteiger partial charge in [-0.3, -0.25) is 0 Å². The Kier molecular flexibility index (Phi) is 11.2. The second-order valence-electron chi connectivity index (χ2n) is 6.26. The van der Waals surface area contributed by atoms with Crippen molar-refractivity contribution in [2.45, 2.75) is 60.0 Å². The predicted octanol–water partition coefficient (Wildman–Crippen LogP) is 4.04. The second-order valence-corrected chi connectivity index (χ2v) is 6.26. The van der Waals surface area contributed by atoms with Crippen molar-refractivity contribution in [3.8, 4) is 0 Å². The maximum Gasteiger partial charge on any atom is 0.235 e. The van der Waals surface area contributed by atoms with E-state index in [1.54, 1.807) is 0 Å². The van der Waals surface area contributed by atoms with E-state index in [2.05, 4.69) is 51.2 Å². The Labute approximate surface area is 135 Å². The van der Waals surface area contributed by atoms with Crippen LogP contribution < -0.4 is 0 Å². The van der Waals surface area contributed by atoms with Crippen LogP contribution in [0.15, 0.2) is 0 Å². The van der Waals surface area contributed by atoms with Gasteiger partial charge in [0.15, 0.2) is 0 Å². The summed E-state index contributed by atoms with van der Waals surface area (Å²) in [7, 11) is 0. The second kappa shape index (κ2) is 8.46. The first-order valence-electron chi connectivity index (χ1n) is 5.36. The molecule has 104 valence electrons. The van der Waals surface area contributed by atoms with Gasteiger partial charge >= 0.3 is 0 Å². The van der Waals surface area contributed by atoms with E-state index >= 15 is 0 Å². The molecule has 0 aliphatic rings. The summed E-state index contributed by atoms with van der Waals surface area (Å²) in [5, 5.41) is 0. The third-order valence-electron chi connectivity index (χ3n) is 2.76. The number of hydrogen-bond donors (Lipinski definition) is 0. The molecule has 0 rings (SSSR count). The van der Waals surface area contributed by atoms with Crippen LogP contribution in [-0.4, -0.2) is 12.1 Å². The van der Waals surface area contributed by atoms with Gasteiger partial charge in [-0.15, -0.1) is 0 Å². The van der Waals surface area contributed by atoms with Crippen molar-refractivity contribution in [1.29, 1.82) is 0 Å². The van der Waals surface area contributed by atoms with Crippen LogP contribution in [0.1, 0.15) is 48.0 Å². The molecule has 0 N–H and O–H groups in total. The van der Waals surface area contributed by atoms with Gasteiger partial charge in [0.2, 0.25) is 12.1 Å². The van der Waals surface area contributed by atoms with Gasteiger partial charge in [0.05, 0.1) is 6.42 Å². The van der Waals surface area contributed by atoms with Crippen molar-refractivity contribution in [3.05, 3.63) is 22.8 Å². The van der Waals surface area contributed by atoms with Crippen molar-refractivity contribution < 1.29 is 42.1 Å². The number of nitrogens with zero attached hydrogens (tertiary/aromatic N) is 2. The van der Waals surface area contributed by atoms with Gasteiger partial charge in [0.25, 0.3) is 0 Å². The average molecular weight is 596 g/mol. The normalized spacial score (nSPS) is 14.4. The molecule has 4 heteroatoms. The largest absolute Gasteiger partial charge is 0.313 e. The van der Waals surface area contributed by atoms with Crippen LogP contribution in [0.3, 0.4) is 0 Å². The molecular weight excluding hydrogens is 574 g/mol. The van der Waals surface area contributed by atoms with E-state index in [0.717, 1.165) is 0 Å². The third-order valence-corrected chi connectivity index (χ3v) is 2.76. The summed E-state index contributed by atoms with van der Waals surface area (Å²) in [5.41, 5.74) is -0.0636. The Bertz CT molecular complexity index is 257. The molecule has 0 saturated carbocycles. The minimum atomic E-state index is -0.0594. The summed E-state index contributed by atoms with van der Waals surface area (Å²) in [5.74, 6) is 0. The van der Waals surface area contributed by atoms with Crippen molar-refractivity contribution in [2.24, 2.45) is 10.8 Å². The Balaban J connectivity index is -0.000000980. The standard InChI is InChI=1S/C13H22N2.2Pt/c1-12(2,3)10(14-7)9-11(15-8)13(4,5)6;;/h10-11H,9H2,1-6H3;;. The summed E-state index contributed by atoms with van der Waals surface area (Å²) in [6.45, 7) is 26.8. The van der Waals surface area contributed by atoms with Gasteiger partial charge in [-0.05, 0) is 0 Å². The molecule has 2 nitrogen and oxygen atoms in total. The van der Waals surface area contributed by atoms with Crippen LogP contribution in [0.4, 0.5) is 0 Å². The van der Waals surface area contributed by atoms with E-state index in [0.29, 0.717) is 6.42 Å². The van der Waals surface area contributed by atoms with Crippen LogP contribution in [0.5, 0.6) is 0 Å². The van der Waals surface area contributed by atoms with Crippen LogP contribution in [0, 0.1) is 24.0 Å². The molecule has 2 unspecified atom stereocenters. The first-order chi connectivity index (χ1) is 6.62. The fraction of sp³-hybridized carbons (Fsp3) is 0.846. The van der Waals surface area contributed by atoms with Crippen molar-refractivity contribution in [3.63, 3.8) is 0 Å². The monoisotopic (exact) mass is 596 g/mol. The quantitative estimate of drug-likeness (QED) is 0.426. The van der Waals surface area contributed by atoms with Gasteiger partial charge in [0, 0.05) is 53.0 Å². The van der Waals surface area contributed by atoms with E-state index in [1.165, 1.54) is 0 Å². The predicted molar refractivity (Wildman–Crippen MR) is 64.3 cm³/mol. The third kappa shape index (κ3) is 8.14. The summed E-state index contributed by atoms with van der Waals surface area (Å²) in [4.78, 5) is 7.33. The number of hydrogen-bond acceptors (Lipinski definition) is 0. The van der Waals surface area contributed by atoms with E-state index in [1.807, 2.05) is 0 Å². The van der Waals surface area contributed by atoms with Crippen molar-refractivity contribution in [1.82, 2.24) is 0 Å². The Morgan fingerprint density at radius 3 is 1.12 bits per heavy atom. The SMILES string of the molecule is [C-]#[N+]C(CC([N+]#[C-])C(C)(C)C)C(C)(C)C.[Pt].[Pt]. The molecule has 0 saturated heterocycles. The maximum absolute atomic E-state index is 7.21. The smallest absolute Gasteiger partial charge is 0.235 e. The minimum Gasteiger partial charge on any atom is -0.313 e. The van der Waals surface area contributed by atoms with Crippen molar-refractivity contribution in [2.75, 3.05) is 0 Å². The van der Waals surface area contributed by atoms with Crippen LogP contribution >= 0.6 is 0 Å². The van der Waals surface area contributed by atoms with Gasteiger partial charge in [-0.1, -0.05) is 41.5 Å². The molecular formula is C13H22N2Pt2. The molecule has 0 fully saturated rings. The number of rotatable bonds is 2. The van der Waals surface area contributed by atoms with E-state index < -0.39 is 0 Å². The van der Waals surface area contributed by atoms with Crippen molar-refractivity contribution >= 4 is 0 Å². The fourth-order valence-corrected chi connectivity index (χ4v) is 1.41. The molecule has 2 atom stereocenters. The molecule has 0 spiro atoms.